The monoisotopic (exact) mass is 370 g/mol. The highest BCUT2D eigenvalue weighted by Gasteiger charge is 2.07. The van der Waals surface area contributed by atoms with Crippen molar-refractivity contribution < 1.29 is 4.79 Å². The second kappa shape index (κ2) is 7.47. The highest BCUT2D eigenvalue weighted by Crippen LogP contribution is 2.24. The molecule has 3 nitrogen and oxygen atoms in total. The topological polar surface area (TPSA) is 34.0 Å². The third kappa shape index (κ3) is 4.02. The van der Waals surface area contributed by atoms with Gasteiger partial charge < -0.3 is 9.88 Å². The summed E-state index contributed by atoms with van der Waals surface area (Å²) in [5, 5.41) is 4.13. The summed E-state index contributed by atoms with van der Waals surface area (Å²) in [4.78, 5) is 12.1. The number of amides is 1. The van der Waals surface area contributed by atoms with E-state index in [4.69, 9.17) is 0 Å². The molecule has 2 aromatic carbocycles. The first kappa shape index (κ1) is 15.8. The lowest BCUT2D eigenvalue weighted by molar-refractivity contribution is -0.121. The Balaban J connectivity index is 1.50. The molecule has 23 heavy (non-hydrogen) atoms. The van der Waals surface area contributed by atoms with Gasteiger partial charge in [-0.3, -0.25) is 4.79 Å². The Morgan fingerprint density at radius 2 is 1.87 bits per heavy atom. The molecule has 1 heterocycles. The molecule has 0 aliphatic carbocycles. The molecule has 0 atom stereocenters. The molecule has 1 N–H and O–H groups in total. The van der Waals surface area contributed by atoms with Gasteiger partial charge in [0.05, 0.1) is 0 Å². The zero-order chi connectivity index (χ0) is 16.1. The van der Waals surface area contributed by atoms with E-state index in [0.29, 0.717) is 13.1 Å². The van der Waals surface area contributed by atoms with Crippen LogP contribution in [0.25, 0.3) is 10.9 Å². The van der Waals surface area contributed by atoms with Gasteiger partial charge in [0, 0.05) is 28.1 Å². The van der Waals surface area contributed by atoms with E-state index in [-0.39, 0.29) is 5.91 Å². The summed E-state index contributed by atoms with van der Waals surface area (Å²) in [5.74, 6) is 0.0514. The van der Waals surface area contributed by atoms with Crippen LogP contribution in [0.15, 0.2) is 65.3 Å². The van der Waals surface area contributed by atoms with Crippen LogP contribution in [0.3, 0.4) is 0 Å². The molecule has 0 bridgehead atoms. The highest BCUT2D eigenvalue weighted by atomic mass is 79.9. The molecule has 0 aliphatic rings. The van der Waals surface area contributed by atoms with E-state index in [1.165, 1.54) is 5.56 Å². The van der Waals surface area contributed by atoms with E-state index in [1.54, 1.807) is 0 Å². The van der Waals surface area contributed by atoms with Crippen LogP contribution in [0.4, 0.5) is 0 Å². The van der Waals surface area contributed by atoms with E-state index in [2.05, 4.69) is 33.4 Å². The third-order valence-corrected chi connectivity index (χ3v) is 4.57. The lowest BCUT2D eigenvalue weighted by Gasteiger charge is -2.08. The molecular weight excluding hydrogens is 352 g/mol. The van der Waals surface area contributed by atoms with Crippen LogP contribution < -0.4 is 5.32 Å². The lowest BCUT2D eigenvalue weighted by Crippen LogP contribution is -2.28. The van der Waals surface area contributed by atoms with Crippen LogP contribution in [0, 0.1) is 0 Å². The molecule has 0 spiro atoms. The minimum Gasteiger partial charge on any atom is -0.355 e. The van der Waals surface area contributed by atoms with Gasteiger partial charge in [-0.25, -0.2) is 0 Å². The molecule has 0 radical (unpaired) electrons. The predicted octanol–water partition coefficient (Wildman–Crippen LogP) is 4.15. The van der Waals surface area contributed by atoms with Gasteiger partial charge in [0.15, 0.2) is 0 Å². The Kier molecular flexibility index (Phi) is 5.13. The smallest absolute Gasteiger partial charge is 0.239 e. The maximum Gasteiger partial charge on any atom is 0.239 e. The Morgan fingerprint density at radius 1 is 1.04 bits per heavy atom. The number of nitrogens with one attached hydrogen (secondary N) is 1. The first-order valence-corrected chi connectivity index (χ1v) is 8.57. The molecule has 118 valence electrons. The number of halogens is 1. The van der Waals surface area contributed by atoms with Gasteiger partial charge >= 0.3 is 0 Å². The van der Waals surface area contributed by atoms with Crippen molar-refractivity contribution in [1.82, 2.24) is 9.88 Å². The molecular formula is C19H19BrN2O. The maximum atomic E-state index is 12.1. The summed E-state index contributed by atoms with van der Waals surface area (Å²) in [6, 6.07) is 18.4. The summed E-state index contributed by atoms with van der Waals surface area (Å²) in [7, 11) is 0. The minimum absolute atomic E-state index is 0.0514. The number of aromatic nitrogens is 1. The van der Waals surface area contributed by atoms with Gasteiger partial charge in [0.1, 0.15) is 6.54 Å². The number of rotatable bonds is 6. The van der Waals surface area contributed by atoms with E-state index >= 15 is 0 Å². The summed E-state index contributed by atoms with van der Waals surface area (Å²) in [6.45, 7) is 1.06. The highest BCUT2D eigenvalue weighted by molar-refractivity contribution is 9.10. The number of carbonyl (C=O) groups excluding carboxylic acids is 1. The molecule has 1 aromatic heterocycles. The van der Waals surface area contributed by atoms with Crippen molar-refractivity contribution in [1.29, 1.82) is 0 Å². The fourth-order valence-corrected chi connectivity index (χ4v) is 3.19. The SMILES string of the molecule is O=C(Cn1ccc2c(Br)cccc21)NCCCc1ccccc1. The second-order valence-electron chi connectivity index (χ2n) is 5.56. The molecule has 3 aromatic rings. The number of aryl methyl sites for hydroxylation is 1. The Bertz CT molecular complexity index is 795. The molecule has 0 saturated heterocycles. The zero-order valence-corrected chi connectivity index (χ0v) is 14.4. The molecule has 0 unspecified atom stereocenters. The number of benzene rings is 2. The molecule has 0 saturated carbocycles. The summed E-state index contributed by atoms with van der Waals surface area (Å²) >= 11 is 3.54. The van der Waals surface area contributed by atoms with E-state index in [9.17, 15) is 4.79 Å². The first-order chi connectivity index (χ1) is 11.2. The van der Waals surface area contributed by atoms with Gasteiger partial charge in [-0.1, -0.05) is 52.3 Å². The van der Waals surface area contributed by atoms with E-state index in [0.717, 1.165) is 28.2 Å². The van der Waals surface area contributed by atoms with E-state index < -0.39 is 0 Å². The van der Waals surface area contributed by atoms with Crippen LogP contribution in [-0.4, -0.2) is 17.0 Å². The Hall–Kier alpha value is -2.07. The van der Waals surface area contributed by atoms with Crippen molar-refractivity contribution in [3.63, 3.8) is 0 Å². The number of hydrogen-bond donors (Lipinski definition) is 1. The van der Waals surface area contributed by atoms with Crippen molar-refractivity contribution in [2.75, 3.05) is 6.54 Å². The largest absolute Gasteiger partial charge is 0.355 e. The number of fused-ring (bicyclic) bond motifs is 1. The van der Waals surface area contributed by atoms with Gasteiger partial charge in [-0.15, -0.1) is 0 Å². The average Bonchev–Trinajstić information content (AvgIpc) is 2.97. The quantitative estimate of drug-likeness (QED) is 0.649. The molecule has 0 fully saturated rings. The van der Waals surface area contributed by atoms with Crippen molar-refractivity contribution in [3.05, 3.63) is 70.8 Å². The van der Waals surface area contributed by atoms with Gasteiger partial charge in [-0.2, -0.15) is 0 Å². The second-order valence-corrected chi connectivity index (χ2v) is 6.41. The fourth-order valence-electron chi connectivity index (χ4n) is 2.70. The third-order valence-electron chi connectivity index (χ3n) is 3.88. The maximum absolute atomic E-state index is 12.1. The Labute approximate surface area is 144 Å². The summed E-state index contributed by atoms with van der Waals surface area (Å²) in [5.41, 5.74) is 2.38. The standard InChI is InChI=1S/C19H19BrN2O/c20-17-9-4-10-18-16(17)11-13-22(18)14-19(23)21-12-5-8-15-6-2-1-3-7-15/h1-4,6-7,9-11,13H,5,8,12,14H2,(H,21,23). The molecule has 0 aliphatic heterocycles. The molecule has 3 rings (SSSR count). The van der Waals surface area contributed by atoms with E-state index in [1.807, 2.05) is 53.2 Å². The van der Waals surface area contributed by atoms with Gasteiger partial charge in [0.25, 0.3) is 0 Å². The van der Waals surface area contributed by atoms with Gasteiger partial charge in [0.2, 0.25) is 5.91 Å². The number of carbonyl (C=O) groups is 1. The van der Waals surface area contributed by atoms with Crippen LogP contribution in [0.5, 0.6) is 0 Å². The van der Waals surface area contributed by atoms with Crippen LogP contribution >= 0.6 is 15.9 Å². The van der Waals surface area contributed by atoms with Crippen molar-refractivity contribution >= 4 is 32.7 Å². The van der Waals surface area contributed by atoms with Crippen LogP contribution in [-0.2, 0) is 17.8 Å². The average molecular weight is 371 g/mol. The molecule has 1 amide bonds. The summed E-state index contributed by atoms with van der Waals surface area (Å²) < 4.78 is 3.03. The van der Waals surface area contributed by atoms with Crippen molar-refractivity contribution in [2.24, 2.45) is 0 Å². The Morgan fingerprint density at radius 3 is 2.70 bits per heavy atom. The molecule has 4 heteroatoms. The van der Waals surface area contributed by atoms with Crippen molar-refractivity contribution in [2.45, 2.75) is 19.4 Å². The van der Waals surface area contributed by atoms with Gasteiger partial charge in [-0.05, 0) is 36.6 Å². The normalized spacial score (nSPS) is 10.8. The number of hydrogen-bond acceptors (Lipinski definition) is 1. The van der Waals surface area contributed by atoms with Crippen LogP contribution in [0.2, 0.25) is 0 Å². The fraction of sp³-hybridized carbons (Fsp3) is 0.211. The zero-order valence-electron chi connectivity index (χ0n) is 12.8. The minimum atomic E-state index is 0.0514. The lowest BCUT2D eigenvalue weighted by atomic mass is 10.1. The number of nitrogens with zero attached hydrogens (tertiary/aromatic N) is 1. The van der Waals surface area contributed by atoms with Crippen molar-refractivity contribution in [3.8, 4) is 0 Å². The first-order valence-electron chi connectivity index (χ1n) is 7.78. The summed E-state index contributed by atoms with van der Waals surface area (Å²) in [6.07, 6.45) is 3.90. The van der Waals surface area contributed by atoms with Crippen LogP contribution in [0.1, 0.15) is 12.0 Å². The predicted molar refractivity (Wildman–Crippen MR) is 97.4 cm³/mol.